The van der Waals surface area contributed by atoms with E-state index in [1.807, 2.05) is 32.0 Å². The van der Waals surface area contributed by atoms with Crippen LogP contribution in [0.15, 0.2) is 28.9 Å². The van der Waals surface area contributed by atoms with Crippen LogP contribution in [0.2, 0.25) is 0 Å². The number of carbonyl (C=O) groups excluding carboxylic acids is 1. The highest BCUT2D eigenvalue weighted by Crippen LogP contribution is 2.30. The number of hydrogen-bond acceptors (Lipinski definition) is 5. The molecule has 2 aromatic heterocycles. The topological polar surface area (TPSA) is 62.5 Å². The minimum atomic E-state index is 0.273. The van der Waals surface area contributed by atoms with Crippen LogP contribution < -0.4 is 0 Å². The van der Waals surface area contributed by atoms with Crippen molar-refractivity contribution >= 4 is 5.91 Å². The van der Waals surface area contributed by atoms with Crippen LogP contribution in [0.3, 0.4) is 0 Å². The molecule has 5 heterocycles. The van der Waals surface area contributed by atoms with E-state index in [9.17, 15) is 4.79 Å². The molecule has 144 valence electrons. The van der Waals surface area contributed by atoms with Gasteiger partial charge in [0.1, 0.15) is 5.76 Å². The van der Waals surface area contributed by atoms with E-state index in [2.05, 4.69) is 19.9 Å². The summed E-state index contributed by atoms with van der Waals surface area (Å²) in [7, 11) is 0. The third-order valence-electron chi connectivity index (χ3n) is 5.99. The SMILES string of the molecule is Cc1noc(C)c1CN1C[C@@H]2CC[C@H](C1)N(C(=O)CCc1ccccn1)C2. The summed E-state index contributed by atoms with van der Waals surface area (Å²) >= 11 is 0. The molecule has 27 heavy (non-hydrogen) atoms. The van der Waals surface area contributed by atoms with E-state index in [4.69, 9.17) is 4.52 Å². The Bertz CT molecular complexity index is 769. The van der Waals surface area contributed by atoms with Crippen molar-refractivity contribution in [3.05, 3.63) is 47.1 Å². The molecule has 0 radical (unpaired) electrons. The minimum absolute atomic E-state index is 0.273. The van der Waals surface area contributed by atoms with Crippen LogP contribution in [-0.4, -0.2) is 51.5 Å². The number of pyridine rings is 1. The van der Waals surface area contributed by atoms with Gasteiger partial charge in [-0.05, 0) is 51.2 Å². The number of carbonyl (C=O) groups is 1. The average Bonchev–Trinajstić information content (AvgIpc) is 2.86. The first-order chi connectivity index (χ1) is 13.1. The summed E-state index contributed by atoms with van der Waals surface area (Å²) in [5.74, 6) is 1.74. The molecule has 0 aromatic carbocycles. The van der Waals surface area contributed by atoms with Gasteiger partial charge in [0.25, 0.3) is 0 Å². The van der Waals surface area contributed by atoms with Crippen molar-refractivity contribution in [1.29, 1.82) is 0 Å². The van der Waals surface area contributed by atoms with Crippen molar-refractivity contribution in [3.63, 3.8) is 0 Å². The van der Waals surface area contributed by atoms with Gasteiger partial charge in [-0.3, -0.25) is 14.7 Å². The minimum Gasteiger partial charge on any atom is -0.361 e. The number of hydrogen-bond donors (Lipinski definition) is 0. The summed E-state index contributed by atoms with van der Waals surface area (Å²) < 4.78 is 5.32. The standard InChI is InChI=1S/C21H28N4O2/c1-15-20(16(2)27-23-15)14-24-11-17-6-8-19(13-24)25(12-17)21(26)9-7-18-5-3-4-10-22-18/h3-5,10,17,19H,6-9,11-14H2,1-2H3/t17-,19+/m0/s1. The Hall–Kier alpha value is -2.21. The molecule has 3 aliphatic rings. The van der Waals surface area contributed by atoms with E-state index in [0.717, 1.165) is 56.2 Å². The monoisotopic (exact) mass is 368 g/mol. The number of aromatic nitrogens is 2. The van der Waals surface area contributed by atoms with Crippen LogP contribution >= 0.6 is 0 Å². The first-order valence-electron chi connectivity index (χ1n) is 9.93. The van der Waals surface area contributed by atoms with Crippen LogP contribution in [0.5, 0.6) is 0 Å². The lowest BCUT2D eigenvalue weighted by atomic mass is 9.94. The van der Waals surface area contributed by atoms with E-state index in [-0.39, 0.29) is 5.91 Å². The lowest BCUT2D eigenvalue weighted by Crippen LogP contribution is -2.47. The van der Waals surface area contributed by atoms with E-state index in [1.165, 1.54) is 12.0 Å². The summed E-state index contributed by atoms with van der Waals surface area (Å²) in [5.41, 5.74) is 3.17. The Kier molecular flexibility index (Phi) is 5.25. The normalized spacial score (nSPS) is 22.8. The highest BCUT2D eigenvalue weighted by molar-refractivity contribution is 5.77. The Morgan fingerprint density at radius 3 is 2.85 bits per heavy atom. The summed E-state index contributed by atoms with van der Waals surface area (Å²) in [6.07, 6.45) is 5.38. The highest BCUT2D eigenvalue weighted by Gasteiger charge is 2.37. The maximum absolute atomic E-state index is 12.9. The summed E-state index contributed by atoms with van der Waals surface area (Å²) in [6.45, 7) is 7.73. The Morgan fingerprint density at radius 2 is 2.11 bits per heavy atom. The molecule has 3 saturated heterocycles. The van der Waals surface area contributed by atoms with Gasteiger partial charge in [0.2, 0.25) is 5.91 Å². The van der Waals surface area contributed by atoms with Crippen molar-refractivity contribution in [3.8, 4) is 0 Å². The molecule has 0 unspecified atom stereocenters. The smallest absolute Gasteiger partial charge is 0.223 e. The Balaban J connectivity index is 1.39. The zero-order chi connectivity index (χ0) is 18.8. The third kappa shape index (κ3) is 4.05. The third-order valence-corrected chi connectivity index (χ3v) is 5.99. The van der Waals surface area contributed by atoms with Gasteiger partial charge in [-0.1, -0.05) is 11.2 Å². The van der Waals surface area contributed by atoms with Gasteiger partial charge in [-0.15, -0.1) is 0 Å². The van der Waals surface area contributed by atoms with Crippen LogP contribution in [-0.2, 0) is 17.8 Å². The van der Waals surface area contributed by atoms with Crippen molar-refractivity contribution in [2.24, 2.45) is 5.92 Å². The average molecular weight is 368 g/mol. The molecular formula is C21H28N4O2. The number of amides is 1. The molecule has 2 bridgehead atoms. The first kappa shape index (κ1) is 18.2. The van der Waals surface area contributed by atoms with Crippen molar-refractivity contribution in [1.82, 2.24) is 19.9 Å². The Labute approximate surface area is 160 Å². The Morgan fingerprint density at radius 1 is 1.22 bits per heavy atom. The van der Waals surface area contributed by atoms with Crippen LogP contribution in [0.1, 0.15) is 42.0 Å². The van der Waals surface area contributed by atoms with Gasteiger partial charge >= 0.3 is 0 Å². The molecule has 2 atom stereocenters. The molecule has 3 fully saturated rings. The van der Waals surface area contributed by atoms with Gasteiger partial charge in [0, 0.05) is 56.1 Å². The number of nitrogens with zero attached hydrogens (tertiary/aromatic N) is 4. The van der Waals surface area contributed by atoms with Crippen LogP contribution in [0, 0.1) is 19.8 Å². The fourth-order valence-corrected chi connectivity index (χ4v) is 4.49. The zero-order valence-corrected chi connectivity index (χ0v) is 16.2. The molecule has 0 spiro atoms. The number of fused-ring (bicyclic) bond motifs is 4. The van der Waals surface area contributed by atoms with Gasteiger partial charge in [-0.2, -0.15) is 0 Å². The summed E-state index contributed by atoms with van der Waals surface area (Å²) in [5, 5.41) is 4.08. The second-order valence-corrected chi connectivity index (χ2v) is 7.96. The molecule has 1 amide bonds. The van der Waals surface area contributed by atoms with Gasteiger partial charge < -0.3 is 9.42 Å². The van der Waals surface area contributed by atoms with Gasteiger partial charge in [0.05, 0.1) is 5.69 Å². The lowest BCUT2D eigenvalue weighted by molar-refractivity contribution is -0.135. The summed E-state index contributed by atoms with van der Waals surface area (Å²) in [6, 6.07) is 6.20. The molecular weight excluding hydrogens is 340 g/mol. The molecule has 5 rings (SSSR count). The van der Waals surface area contributed by atoms with Crippen molar-refractivity contribution < 1.29 is 9.32 Å². The maximum atomic E-state index is 12.9. The van der Waals surface area contributed by atoms with Crippen molar-refractivity contribution in [2.45, 2.75) is 52.1 Å². The summed E-state index contributed by atoms with van der Waals surface area (Å²) in [4.78, 5) is 21.9. The lowest BCUT2D eigenvalue weighted by Gasteiger charge is -2.36. The van der Waals surface area contributed by atoms with E-state index >= 15 is 0 Å². The molecule has 0 aliphatic carbocycles. The number of piperidine rings is 1. The van der Waals surface area contributed by atoms with E-state index in [1.54, 1.807) is 6.20 Å². The largest absolute Gasteiger partial charge is 0.361 e. The quantitative estimate of drug-likeness (QED) is 0.812. The molecule has 3 aliphatic heterocycles. The zero-order valence-electron chi connectivity index (χ0n) is 16.2. The van der Waals surface area contributed by atoms with Crippen LogP contribution in [0.4, 0.5) is 0 Å². The maximum Gasteiger partial charge on any atom is 0.223 e. The van der Waals surface area contributed by atoms with Gasteiger partial charge in [0.15, 0.2) is 0 Å². The molecule has 6 nitrogen and oxygen atoms in total. The first-order valence-corrected chi connectivity index (χ1v) is 9.93. The fourth-order valence-electron chi connectivity index (χ4n) is 4.49. The molecule has 6 heteroatoms. The number of aryl methyl sites for hydroxylation is 3. The molecule has 0 N–H and O–H groups in total. The second kappa shape index (κ2) is 7.80. The second-order valence-electron chi connectivity index (χ2n) is 7.96. The van der Waals surface area contributed by atoms with Crippen LogP contribution in [0.25, 0.3) is 0 Å². The highest BCUT2D eigenvalue weighted by atomic mass is 16.5. The number of rotatable bonds is 5. The van der Waals surface area contributed by atoms with E-state index < -0.39 is 0 Å². The van der Waals surface area contributed by atoms with E-state index in [0.29, 0.717) is 18.4 Å². The fraction of sp³-hybridized carbons (Fsp3) is 0.571. The predicted molar refractivity (Wildman–Crippen MR) is 102 cm³/mol. The van der Waals surface area contributed by atoms with Gasteiger partial charge in [-0.25, -0.2) is 0 Å². The van der Waals surface area contributed by atoms with Crippen molar-refractivity contribution in [2.75, 3.05) is 19.6 Å². The predicted octanol–water partition coefficient (Wildman–Crippen LogP) is 2.74. The molecule has 2 aromatic rings. The molecule has 0 saturated carbocycles.